The molecule has 0 saturated carbocycles. The number of rotatable bonds is 6. The van der Waals surface area contributed by atoms with Crippen molar-refractivity contribution >= 4 is 72.2 Å². The molecule has 2 unspecified atom stereocenters. The van der Waals surface area contributed by atoms with Crippen molar-refractivity contribution in [3.05, 3.63) is 210 Å². The summed E-state index contributed by atoms with van der Waals surface area (Å²) in [5.74, 6) is 0.296. The quantitative estimate of drug-likeness (QED) is 0.121. The first-order valence-electron chi connectivity index (χ1n) is 21.5. The van der Waals surface area contributed by atoms with E-state index in [1.54, 1.807) is 0 Å². The van der Waals surface area contributed by atoms with Gasteiger partial charge in [0.05, 0.1) is 0 Å². The molecule has 1 heterocycles. The second kappa shape index (κ2) is 13.6. The SMILES string of the molecule is CB=C(CC1(C)C=CC(c2ccccc2)=CC1)c1cc(-c2cccc3c2oc2ccccc23)c2ccc3ccc(-c4cccc5c4CC4=CC5C=CC=C4)c4ccc1c2c34. The molecule has 0 fully saturated rings. The molecule has 2 atom stereocenters. The normalized spacial score (nSPS) is 18.6. The minimum atomic E-state index is -0.0282. The van der Waals surface area contributed by atoms with Crippen molar-refractivity contribution in [2.24, 2.45) is 5.41 Å². The summed E-state index contributed by atoms with van der Waals surface area (Å²) in [6, 6.07) is 49.6. The number of para-hydroxylation sites is 2. The van der Waals surface area contributed by atoms with Gasteiger partial charge in [-0.15, -0.1) is 0 Å². The zero-order valence-corrected chi connectivity index (χ0v) is 34.0. The van der Waals surface area contributed by atoms with E-state index in [1.165, 1.54) is 87.9 Å². The van der Waals surface area contributed by atoms with E-state index in [4.69, 9.17) is 4.42 Å². The fourth-order valence-electron chi connectivity index (χ4n) is 10.7. The Bertz CT molecular complexity index is 3420. The molecule has 0 spiro atoms. The number of fused-ring (bicyclic) bond motifs is 6. The van der Waals surface area contributed by atoms with Crippen LogP contribution in [0.3, 0.4) is 0 Å². The number of allylic oxidation sites excluding steroid dienone is 10. The van der Waals surface area contributed by atoms with Gasteiger partial charge in [0.15, 0.2) is 0 Å². The molecule has 1 nitrogen and oxygen atoms in total. The molecule has 8 aromatic carbocycles. The van der Waals surface area contributed by atoms with Crippen LogP contribution in [-0.2, 0) is 6.42 Å². The molecule has 0 radical (unpaired) electrons. The summed E-state index contributed by atoms with van der Waals surface area (Å²) in [7, 11) is 0. The fraction of sp³-hybridized carbons (Fsp3) is 0.121. The van der Waals surface area contributed by atoms with E-state index in [2.05, 4.69) is 203 Å². The van der Waals surface area contributed by atoms with Crippen molar-refractivity contribution in [1.82, 2.24) is 0 Å². The molecule has 2 heteroatoms. The van der Waals surface area contributed by atoms with Crippen molar-refractivity contribution in [2.45, 2.75) is 38.9 Å². The molecule has 0 N–H and O–H groups in total. The molecular weight excluding hydrogens is 723 g/mol. The van der Waals surface area contributed by atoms with Crippen LogP contribution in [0.2, 0.25) is 6.82 Å². The molecule has 3 aliphatic carbocycles. The number of hydrogen-bond donors (Lipinski definition) is 0. The summed E-state index contributed by atoms with van der Waals surface area (Å²) in [4.78, 5) is 0. The minimum absolute atomic E-state index is 0.0282. The zero-order valence-electron chi connectivity index (χ0n) is 34.0. The van der Waals surface area contributed by atoms with Gasteiger partial charge in [0, 0.05) is 0 Å². The van der Waals surface area contributed by atoms with Gasteiger partial charge >= 0.3 is 341 Å². The van der Waals surface area contributed by atoms with E-state index in [-0.39, 0.29) is 5.41 Å². The Balaban J connectivity index is 1.09. The van der Waals surface area contributed by atoms with Gasteiger partial charge in [0.25, 0.3) is 0 Å². The van der Waals surface area contributed by atoms with Crippen LogP contribution in [0.4, 0.5) is 0 Å². The molecule has 60 heavy (non-hydrogen) atoms. The Labute approximate surface area is 351 Å². The molecule has 3 aliphatic rings. The van der Waals surface area contributed by atoms with Gasteiger partial charge in [-0.05, 0) is 0 Å². The first-order valence-corrected chi connectivity index (χ1v) is 21.5. The van der Waals surface area contributed by atoms with Crippen LogP contribution in [0, 0.1) is 5.41 Å². The van der Waals surface area contributed by atoms with E-state index in [0.717, 1.165) is 46.8 Å². The van der Waals surface area contributed by atoms with Crippen LogP contribution < -0.4 is 0 Å². The number of hydrogen-bond acceptors (Lipinski definition) is 1. The Morgan fingerprint density at radius 2 is 1.47 bits per heavy atom. The van der Waals surface area contributed by atoms with Crippen LogP contribution in [0.15, 0.2) is 192 Å². The summed E-state index contributed by atoms with van der Waals surface area (Å²) in [5.41, 5.74) is 16.3. The molecular formula is C58H43BO. The number of benzene rings is 8. The second-order valence-electron chi connectivity index (χ2n) is 17.4. The van der Waals surface area contributed by atoms with Crippen molar-refractivity contribution in [3.8, 4) is 22.3 Å². The first-order chi connectivity index (χ1) is 29.5. The van der Waals surface area contributed by atoms with Gasteiger partial charge < -0.3 is 0 Å². The standard InChI is InChI=1S/C58H43BO/c1-58(30-28-38(29-31-58)37-13-4-3-5-14-37)35-53(59-2)52-34-51(49-20-11-19-48-44-16-8-9-21-54(44)60-57(48)49)46-25-23-39-22-24-43(45-26-27-47(52)56(46)55(39)45)42-18-10-17-41-40-15-7-6-12-36(32-40)33-50(41)42/h3-30,32,34,40H,31,33,35H2,1-2H3. The third kappa shape index (κ3) is 5.51. The van der Waals surface area contributed by atoms with E-state index in [0.29, 0.717) is 5.92 Å². The molecule has 284 valence electrons. The summed E-state index contributed by atoms with van der Waals surface area (Å²) in [6.45, 7) is 7.01. The number of furan rings is 1. The van der Waals surface area contributed by atoms with Crippen molar-refractivity contribution in [1.29, 1.82) is 0 Å². The molecule has 9 aromatic rings. The molecule has 12 rings (SSSR count). The summed E-state index contributed by atoms with van der Waals surface area (Å²) >= 11 is 0. The topological polar surface area (TPSA) is 13.1 Å². The Morgan fingerprint density at radius 3 is 2.35 bits per heavy atom. The van der Waals surface area contributed by atoms with Gasteiger partial charge in [-0.1, -0.05) is 12.2 Å². The van der Waals surface area contributed by atoms with Crippen molar-refractivity contribution in [3.63, 3.8) is 0 Å². The van der Waals surface area contributed by atoms with Gasteiger partial charge in [-0.2, -0.15) is 0 Å². The average Bonchev–Trinajstić information content (AvgIpc) is 3.57. The van der Waals surface area contributed by atoms with Crippen LogP contribution in [0.1, 0.15) is 47.9 Å². The van der Waals surface area contributed by atoms with E-state index < -0.39 is 0 Å². The first kappa shape index (κ1) is 35.2. The predicted molar refractivity (Wildman–Crippen MR) is 258 cm³/mol. The van der Waals surface area contributed by atoms with Crippen LogP contribution in [0.25, 0.3) is 82.1 Å². The van der Waals surface area contributed by atoms with Crippen LogP contribution in [-0.4, -0.2) is 12.4 Å². The van der Waals surface area contributed by atoms with Gasteiger partial charge in [-0.25, -0.2) is 0 Å². The molecule has 1 aromatic heterocycles. The van der Waals surface area contributed by atoms with E-state index >= 15 is 0 Å². The maximum absolute atomic E-state index is 6.76. The maximum atomic E-state index is 6.76. The van der Waals surface area contributed by atoms with Crippen LogP contribution >= 0.6 is 0 Å². The molecule has 0 aliphatic heterocycles. The average molecular weight is 767 g/mol. The summed E-state index contributed by atoms with van der Waals surface area (Å²) in [5, 5.41) is 10.1. The van der Waals surface area contributed by atoms with Gasteiger partial charge in [0.2, 0.25) is 0 Å². The van der Waals surface area contributed by atoms with Crippen LogP contribution in [0.5, 0.6) is 0 Å². The van der Waals surface area contributed by atoms with Gasteiger partial charge in [-0.3, -0.25) is 0 Å². The van der Waals surface area contributed by atoms with Crippen molar-refractivity contribution < 1.29 is 4.42 Å². The Hall–Kier alpha value is -6.77. The Morgan fingerprint density at radius 1 is 0.683 bits per heavy atom. The third-order valence-corrected chi connectivity index (χ3v) is 13.7. The third-order valence-electron chi connectivity index (χ3n) is 13.7. The predicted octanol–water partition coefficient (Wildman–Crippen LogP) is 15.2. The monoisotopic (exact) mass is 766 g/mol. The molecule has 0 amide bonds. The van der Waals surface area contributed by atoms with E-state index in [9.17, 15) is 0 Å². The van der Waals surface area contributed by atoms with Crippen molar-refractivity contribution in [2.75, 3.05) is 0 Å². The summed E-state index contributed by atoms with van der Waals surface area (Å²) in [6.07, 6.45) is 21.5. The molecule has 0 saturated heterocycles. The fourth-order valence-corrected chi connectivity index (χ4v) is 10.7. The Kier molecular flexibility index (Phi) is 8.01. The zero-order chi connectivity index (χ0) is 40.0. The molecule has 2 bridgehead atoms. The second-order valence-corrected chi connectivity index (χ2v) is 17.4. The van der Waals surface area contributed by atoms with Gasteiger partial charge in [0.1, 0.15) is 0 Å². The van der Waals surface area contributed by atoms with E-state index in [1.807, 2.05) is 0 Å². The summed E-state index contributed by atoms with van der Waals surface area (Å²) < 4.78 is 6.76.